The van der Waals surface area contributed by atoms with E-state index in [1.165, 1.54) is 31.0 Å². The van der Waals surface area contributed by atoms with Crippen molar-refractivity contribution >= 4 is 39.1 Å². The fourth-order valence-corrected chi connectivity index (χ4v) is 3.10. The van der Waals surface area contributed by atoms with Gasteiger partial charge in [0.2, 0.25) is 5.91 Å². The van der Waals surface area contributed by atoms with E-state index in [0.717, 1.165) is 13.1 Å². The van der Waals surface area contributed by atoms with Crippen LogP contribution in [0.4, 0.5) is 11.4 Å². The van der Waals surface area contributed by atoms with Crippen molar-refractivity contribution in [3.05, 3.63) is 46.8 Å². The molecule has 0 atom stereocenters. The van der Waals surface area contributed by atoms with Crippen molar-refractivity contribution in [1.82, 2.24) is 5.32 Å². The number of furan rings is 1. The highest BCUT2D eigenvalue weighted by Gasteiger charge is 2.13. The van der Waals surface area contributed by atoms with E-state index >= 15 is 0 Å². The van der Waals surface area contributed by atoms with E-state index < -0.39 is 5.91 Å². The molecule has 3 rings (SSSR count). The van der Waals surface area contributed by atoms with Gasteiger partial charge in [-0.1, -0.05) is 0 Å². The van der Waals surface area contributed by atoms with Gasteiger partial charge in [-0.25, -0.2) is 0 Å². The van der Waals surface area contributed by atoms with E-state index in [0.29, 0.717) is 10.4 Å². The zero-order chi connectivity index (χ0) is 17.6. The van der Waals surface area contributed by atoms with Gasteiger partial charge in [-0.3, -0.25) is 9.59 Å². The van der Waals surface area contributed by atoms with Crippen LogP contribution in [0.15, 0.2) is 45.5 Å². The first-order valence-corrected chi connectivity index (χ1v) is 9.09. The number of benzene rings is 1. The number of carbonyl (C=O) groups is 2. The molecule has 1 aromatic carbocycles. The summed E-state index contributed by atoms with van der Waals surface area (Å²) >= 11 is 3.13. The summed E-state index contributed by atoms with van der Waals surface area (Å²) in [6.07, 6.45) is 3.75. The monoisotopic (exact) mass is 405 g/mol. The molecule has 132 valence electrons. The van der Waals surface area contributed by atoms with Gasteiger partial charge < -0.3 is 20.0 Å². The summed E-state index contributed by atoms with van der Waals surface area (Å²) in [5.41, 5.74) is 1.88. The molecule has 0 radical (unpaired) electrons. The van der Waals surface area contributed by atoms with E-state index in [1.807, 2.05) is 24.3 Å². The molecule has 6 nitrogen and oxygen atoms in total. The summed E-state index contributed by atoms with van der Waals surface area (Å²) in [6, 6.07) is 11.0. The second kappa shape index (κ2) is 8.20. The van der Waals surface area contributed by atoms with E-state index in [4.69, 9.17) is 4.42 Å². The molecule has 1 aliphatic heterocycles. The van der Waals surface area contributed by atoms with Crippen LogP contribution < -0.4 is 15.5 Å². The number of hydrogen-bond acceptors (Lipinski definition) is 4. The Morgan fingerprint density at radius 1 is 1.04 bits per heavy atom. The summed E-state index contributed by atoms with van der Waals surface area (Å²) in [5, 5.41) is 5.29. The molecule has 1 aromatic heterocycles. The topological polar surface area (TPSA) is 74.6 Å². The number of carbonyl (C=O) groups excluding carboxylic acids is 2. The lowest BCUT2D eigenvalue weighted by Crippen LogP contribution is -2.32. The Morgan fingerprint density at radius 3 is 2.40 bits per heavy atom. The van der Waals surface area contributed by atoms with Gasteiger partial charge in [0.15, 0.2) is 10.4 Å². The van der Waals surface area contributed by atoms with Crippen LogP contribution in [0.2, 0.25) is 0 Å². The van der Waals surface area contributed by atoms with Gasteiger partial charge in [0.05, 0.1) is 6.54 Å². The van der Waals surface area contributed by atoms with Crippen molar-refractivity contribution in [3.63, 3.8) is 0 Å². The van der Waals surface area contributed by atoms with Crippen LogP contribution >= 0.6 is 15.9 Å². The number of hydrogen-bond donors (Lipinski definition) is 2. The summed E-state index contributed by atoms with van der Waals surface area (Å²) in [4.78, 5) is 26.1. The number of halogens is 1. The number of rotatable bonds is 5. The predicted octanol–water partition coefficient (Wildman–Crippen LogP) is 3.40. The predicted molar refractivity (Wildman–Crippen MR) is 99.9 cm³/mol. The van der Waals surface area contributed by atoms with Gasteiger partial charge in [0.25, 0.3) is 5.91 Å². The lowest BCUT2D eigenvalue weighted by atomic mass is 10.1. The molecule has 0 aliphatic carbocycles. The molecular formula is C18H20BrN3O3. The molecule has 1 saturated heterocycles. The van der Waals surface area contributed by atoms with Crippen LogP contribution in [-0.2, 0) is 4.79 Å². The van der Waals surface area contributed by atoms with Crippen molar-refractivity contribution in [3.8, 4) is 0 Å². The molecule has 0 spiro atoms. The second-order valence-corrected chi connectivity index (χ2v) is 6.71. The number of amides is 2. The quantitative estimate of drug-likeness (QED) is 0.798. The van der Waals surface area contributed by atoms with Crippen LogP contribution in [0.5, 0.6) is 0 Å². The molecule has 2 amide bonds. The van der Waals surface area contributed by atoms with E-state index in [1.54, 1.807) is 6.07 Å². The standard InChI is InChI=1S/C18H20BrN3O3/c19-16-9-8-15(25-16)18(24)20-12-17(23)21-13-4-6-14(7-5-13)22-10-2-1-3-11-22/h4-9H,1-3,10-12H2,(H,20,24)(H,21,23). The largest absolute Gasteiger partial charge is 0.444 e. The maximum Gasteiger partial charge on any atom is 0.287 e. The lowest BCUT2D eigenvalue weighted by Gasteiger charge is -2.28. The number of anilines is 2. The zero-order valence-corrected chi connectivity index (χ0v) is 15.3. The van der Waals surface area contributed by atoms with E-state index in [9.17, 15) is 9.59 Å². The molecule has 0 bridgehead atoms. The van der Waals surface area contributed by atoms with Crippen LogP contribution in [-0.4, -0.2) is 31.4 Å². The van der Waals surface area contributed by atoms with Crippen LogP contribution in [0.3, 0.4) is 0 Å². The van der Waals surface area contributed by atoms with Gasteiger partial charge in [0, 0.05) is 24.5 Å². The third kappa shape index (κ3) is 4.85. The molecule has 7 heteroatoms. The molecule has 0 saturated carbocycles. The summed E-state index contributed by atoms with van der Waals surface area (Å²) in [5.74, 6) is -0.559. The van der Waals surface area contributed by atoms with Gasteiger partial charge in [0.1, 0.15) is 0 Å². The van der Waals surface area contributed by atoms with E-state index in [2.05, 4.69) is 31.5 Å². The number of piperidine rings is 1. The first-order chi connectivity index (χ1) is 12.1. The van der Waals surface area contributed by atoms with E-state index in [-0.39, 0.29) is 18.2 Å². The fraction of sp³-hybridized carbons (Fsp3) is 0.333. The molecule has 2 heterocycles. The highest BCUT2D eigenvalue weighted by atomic mass is 79.9. The van der Waals surface area contributed by atoms with Crippen molar-refractivity contribution < 1.29 is 14.0 Å². The van der Waals surface area contributed by atoms with Crippen molar-refractivity contribution in [1.29, 1.82) is 0 Å². The summed E-state index contributed by atoms with van der Waals surface area (Å²) in [6.45, 7) is 2.05. The molecular weight excluding hydrogens is 386 g/mol. The first-order valence-electron chi connectivity index (χ1n) is 8.30. The normalized spacial score (nSPS) is 14.2. The minimum Gasteiger partial charge on any atom is -0.444 e. The Balaban J connectivity index is 1.48. The van der Waals surface area contributed by atoms with Crippen LogP contribution in [0.25, 0.3) is 0 Å². The SMILES string of the molecule is O=C(CNC(=O)c1ccc(Br)o1)Nc1ccc(N2CCCCC2)cc1. The zero-order valence-electron chi connectivity index (χ0n) is 13.8. The Morgan fingerprint density at radius 2 is 1.76 bits per heavy atom. The summed E-state index contributed by atoms with van der Waals surface area (Å²) in [7, 11) is 0. The molecule has 1 aliphatic rings. The number of nitrogens with one attached hydrogen (secondary N) is 2. The van der Waals surface area contributed by atoms with Gasteiger partial charge >= 0.3 is 0 Å². The second-order valence-electron chi connectivity index (χ2n) is 5.93. The van der Waals surface area contributed by atoms with Crippen LogP contribution in [0, 0.1) is 0 Å². The minimum atomic E-state index is -0.429. The van der Waals surface area contributed by atoms with Gasteiger partial charge in [-0.2, -0.15) is 0 Å². The third-order valence-corrected chi connectivity index (χ3v) is 4.50. The Kier molecular flexibility index (Phi) is 5.75. The maximum atomic E-state index is 12.0. The first kappa shape index (κ1) is 17.5. The van der Waals surface area contributed by atoms with Crippen molar-refractivity contribution in [2.24, 2.45) is 0 Å². The molecule has 2 aromatic rings. The number of nitrogens with zero attached hydrogens (tertiary/aromatic N) is 1. The Bertz CT molecular complexity index is 736. The fourth-order valence-electron chi connectivity index (χ4n) is 2.80. The van der Waals surface area contributed by atoms with Crippen LogP contribution in [0.1, 0.15) is 29.8 Å². The summed E-state index contributed by atoms with van der Waals surface area (Å²) < 4.78 is 5.60. The van der Waals surface area contributed by atoms with Crippen molar-refractivity contribution in [2.45, 2.75) is 19.3 Å². The third-order valence-electron chi connectivity index (χ3n) is 4.08. The average molecular weight is 406 g/mol. The smallest absolute Gasteiger partial charge is 0.287 e. The Hall–Kier alpha value is -2.28. The maximum absolute atomic E-state index is 12.0. The molecule has 2 N–H and O–H groups in total. The molecule has 1 fully saturated rings. The Labute approximate surface area is 154 Å². The van der Waals surface area contributed by atoms with Gasteiger partial charge in [-0.05, 0) is 71.6 Å². The molecule has 0 unspecified atom stereocenters. The molecule has 25 heavy (non-hydrogen) atoms. The lowest BCUT2D eigenvalue weighted by molar-refractivity contribution is -0.115. The van der Waals surface area contributed by atoms with Gasteiger partial charge in [-0.15, -0.1) is 0 Å². The van der Waals surface area contributed by atoms with Crippen molar-refractivity contribution in [2.75, 3.05) is 29.9 Å². The highest BCUT2D eigenvalue weighted by molar-refractivity contribution is 9.10. The minimum absolute atomic E-state index is 0.120. The average Bonchev–Trinajstić information content (AvgIpc) is 3.08. The highest BCUT2D eigenvalue weighted by Crippen LogP contribution is 2.21.